The number of methoxy groups -OCH3 is 1. The van der Waals surface area contributed by atoms with Crippen LogP contribution in [0.5, 0.6) is 5.75 Å². The highest BCUT2D eigenvalue weighted by Crippen LogP contribution is 2.23. The number of hydrogen-bond acceptors (Lipinski definition) is 2. The van der Waals surface area contributed by atoms with Gasteiger partial charge in [-0.15, -0.1) is 6.58 Å². The second kappa shape index (κ2) is 7.01. The lowest BCUT2D eigenvalue weighted by Crippen LogP contribution is -1.94. The number of carbonyl (C=O) groups excluding carboxylic acids is 1. The van der Waals surface area contributed by atoms with Gasteiger partial charge in [0.25, 0.3) is 0 Å². The summed E-state index contributed by atoms with van der Waals surface area (Å²) in [6, 6.07) is 15.3. The molecule has 3 rings (SSSR count). The Balaban J connectivity index is 1.89. The molecule has 0 fully saturated rings. The molecule has 0 unspecified atom stereocenters. The minimum atomic E-state index is -0.0294. The Morgan fingerprint density at radius 2 is 1.92 bits per heavy atom. The summed E-state index contributed by atoms with van der Waals surface area (Å²) in [5, 5.41) is 1.12. The first-order valence-corrected chi connectivity index (χ1v) is 7.78. The largest absolute Gasteiger partial charge is 0.497 e. The molecule has 3 heteroatoms. The van der Waals surface area contributed by atoms with Crippen molar-refractivity contribution in [2.75, 3.05) is 7.11 Å². The van der Waals surface area contributed by atoms with E-state index in [2.05, 4.69) is 23.3 Å². The van der Waals surface area contributed by atoms with Crippen LogP contribution in [0.3, 0.4) is 0 Å². The highest BCUT2D eigenvalue weighted by Gasteiger charge is 2.06. The van der Waals surface area contributed by atoms with Crippen LogP contribution >= 0.6 is 0 Å². The van der Waals surface area contributed by atoms with E-state index in [0.29, 0.717) is 5.56 Å². The van der Waals surface area contributed by atoms with Crippen molar-refractivity contribution < 1.29 is 9.53 Å². The van der Waals surface area contributed by atoms with Gasteiger partial charge in [-0.25, -0.2) is 0 Å². The zero-order valence-electron chi connectivity index (χ0n) is 13.6. The SMILES string of the molecule is C=CCn1cc(/C=C/C(=O)c2ccc(OC)cc2)c2ccccc21. The first-order valence-electron chi connectivity index (χ1n) is 7.78. The molecule has 2 aromatic carbocycles. The van der Waals surface area contributed by atoms with Crippen LogP contribution in [-0.2, 0) is 6.54 Å². The van der Waals surface area contributed by atoms with E-state index in [0.717, 1.165) is 28.8 Å². The standard InChI is InChI=1S/C21H19NO2/c1-3-14-22-15-17(19-6-4-5-7-20(19)22)10-13-21(23)16-8-11-18(24-2)12-9-16/h3-13,15H,1,14H2,2H3/b13-10+. The van der Waals surface area contributed by atoms with Crippen molar-refractivity contribution in [3.05, 3.63) is 84.6 Å². The van der Waals surface area contributed by atoms with Gasteiger partial charge in [-0.3, -0.25) is 4.79 Å². The maximum absolute atomic E-state index is 12.3. The summed E-state index contributed by atoms with van der Waals surface area (Å²) in [6.07, 6.45) is 7.39. The van der Waals surface area contributed by atoms with Crippen LogP contribution in [0.25, 0.3) is 17.0 Å². The Hall–Kier alpha value is -3.07. The lowest BCUT2D eigenvalue weighted by Gasteiger charge is -2.00. The fourth-order valence-corrected chi connectivity index (χ4v) is 2.72. The van der Waals surface area contributed by atoms with Crippen molar-refractivity contribution in [2.24, 2.45) is 0 Å². The summed E-state index contributed by atoms with van der Waals surface area (Å²) >= 11 is 0. The number of rotatable bonds is 6. The third kappa shape index (κ3) is 3.15. The minimum Gasteiger partial charge on any atom is -0.497 e. The molecule has 120 valence electrons. The van der Waals surface area contributed by atoms with Crippen LogP contribution in [0.2, 0.25) is 0 Å². The van der Waals surface area contributed by atoms with E-state index in [4.69, 9.17) is 4.74 Å². The summed E-state index contributed by atoms with van der Waals surface area (Å²) < 4.78 is 7.24. The number of nitrogens with zero attached hydrogens (tertiary/aromatic N) is 1. The Morgan fingerprint density at radius 3 is 2.62 bits per heavy atom. The molecule has 0 saturated carbocycles. The van der Waals surface area contributed by atoms with Crippen LogP contribution < -0.4 is 4.74 Å². The van der Waals surface area contributed by atoms with E-state index < -0.39 is 0 Å². The molecule has 0 amide bonds. The van der Waals surface area contributed by atoms with Crippen molar-refractivity contribution in [2.45, 2.75) is 6.54 Å². The number of allylic oxidation sites excluding steroid dienone is 2. The fourth-order valence-electron chi connectivity index (χ4n) is 2.72. The number of hydrogen-bond donors (Lipinski definition) is 0. The van der Waals surface area contributed by atoms with E-state index in [9.17, 15) is 4.79 Å². The number of para-hydroxylation sites is 1. The predicted molar refractivity (Wildman–Crippen MR) is 98.5 cm³/mol. The van der Waals surface area contributed by atoms with Gasteiger partial charge in [0.05, 0.1) is 7.11 Å². The van der Waals surface area contributed by atoms with Crippen molar-refractivity contribution >= 4 is 22.8 Å². The Bertz CT molecular complexity index is 901. The zero-order chi connectivity index (χ0) is 16.9. The number of ether oxygens (including phenoxy) is 1. The molecule has 0 spiro atoms. The van der Waals surface area contributed by atoms with E-state index in [1.54, 1.807) is 37.5 Å². The van der Waals surface area contributed by atoms with Crippen LogP contribution in [0, 0.1) is 0 Å². The van der Waals surface area contributed by atoms with Gasteiger partial charge in [0.15, 0.2) is 5.78 Å². The molecule has 3 aromatic rings. The molecule has 3 nitrogen and oxygen atoms in total. The molecule has 0 saturated heterocycles. The minimum absolute atomic E-state index is 0.0294. The third-order valence-corrected chi connectivity index (χ3v) is 3.93. The maximum atomic E-state index is 12.3. The Kier molecular flexibility index (Phi) is 4.62. The lowest BCUT2D eigenvalue weighted by atomic mass is 10.1. The van der Waals surface area contributed by atoms with Crippen LogP contribution in [0.1, 0.15) is 15.9 Å². The summed E-state index contributed by atoms with van der Waals surface area (Å²) in [4.78, 5) is 12.3. The fraction of sp³-hybridized carbons (Fsp3) is 0.0952. The van der Waals surface area contributed by atoms with E-state index in [-0.39, 0.29) is 5.78 Å². The van der Waals surface area contributed by atoms with Crippen molar-refractivity contribution in [1.82, 2.24) is 4.57 Å². The zero-order valence-corrected chi connectivity index (χ0v) is 13.6. The van der Waals surface area contributed by atoms with Crippen LogP contribution in [0.4, 0.5) is 0 Å². The third-order valence-electron chi connectivity index (χ3n) is 3.93. The monoisotopic (exact) mass is 317 g/mol. The van der Waals surface area contributed by atoms with Gasteiger partial charge in [-0.2, -0.15) is 0 Å². The van der Waals surface area contributed by atoms with Crippen LogP contribution in [0.15, 0.2) is 73.5 Å². The van der Waals surface area contributed by atoms with Crippen molar-refractivity contribution in [1.29, 1.82) is 0 Å². The molecule has 0 atom stereocenters. The van der Waals surface area contributed by atoms with Gasteiger partial charge in [0.2, 0.25) is 0 Å². The van der Waals surface area contributed by atoms with Gasteiger partial charge in [-0.05, 0) is 42.5 Å². The molecule has 0 aliphatic rings. The van der Waals surface area contributed by atoms with Gasteiger partial charge in [-0.1, -0.05) is 24.3 Å². The van der Waals surface area contributed by atoms with Gasteiger partial charge >= 0.3 is 0 Å². The number of benzene rings is 2. The average molecular weight is 317 g/mol. The highest BCUT2D eigenvalue weighted by molar-refractivity contribution is 6.07. The van der Waals surface area contributed by atoms with E-state index >= 15 is 0 Å². The quantitative estimate of drug-likeness (QED) is 0.374. The topological polar surface area (TPSA) is 31.2 Å². The van der Waals surface area contributed by atoms with Gasteiger partial charge in [0.1, 0.15) is 5.75 Å². The van der Waals surface area contributed by atoms with Crippen molar-refractivity contribution in [3.8, 4) is 5.75 Å². The number of fused-ring (bicyclic) bond motifs is 1. The molecule has 24 heavy (non-hydrogen) atoms. The molecule has 1 aromatic heterocycles. The second-order valence-electron chi connectivity index (χ2n) is 5.47. The summed E-state index contributed by atoms with van der Waals surface area (Å²) in [7, 11) is 1.61. The average Bonchev–Trinajstić information content (AvgIpc) is 2.98. The second-order valence-corrected chi connectivity index (χ2v) is 5.47. The molecule has 1 heterocycles. The maximum Gasteiger partial charge on any atom is 0.185 e. The van der Waals surface area contributed by atoms with Gasteiger partial charge in [0, 0.05) is 34.8 Å². The lowest BCUT2D eigenvalue weighted by molar-refractivity contribution is 0.104. The summed E-state index contributed by atoms with van der Waals surface area (Å²) in [5.74, 6) is 0.709. The first-order chi connectivity index (χ1) is 11.7. The molecule has 0 aliphatic carbocycles. The van der Waals surface area contributed by atoms with Gasteiger partial charge < -0.3 is 9.30 Å². The number of aromatic nitrogens is 1. The molecular weight excluding hydrogens is 298 g/mol. The normalized spacial score (nSPS) is 11.0. The molecule has 0 bridgehead atoms. The Labute approximate surface area is 141 Å². The summed E-state index contributed by atoms with van der Waals surface area (Å²) in [6.45, 7) is 4.53. The molecular formula is C21H19NO2. The smallest absolute Gasteiger partial charge is 0.185 e. The number of carbonyl (C=O) groups is 1. The molecule has 0 N–H and O–H groups in total. The van der Waals surface area contributed by atoms with Crippen LogP contribution in [-0.4, -0.2) is 17.5 Å². The Morgan fingerprint density at radius 1 is 1.17 bits per heavy atom. The number of ketones is 1. The summed E-state index contributed by atoms with van der Waals surface area (Å²) in [5.41, 5.74) is 2.80. The molecule has 0 aliphatic heterocycles. The van der Waals surface area contributed by atoms with E-state index in [1.165, 1.54) is 0 Å². The van der Waals surface area contributed by atoms with E-state index in [1.807, 2.05) is 30.5 Å². The highest BCUT2D eigenvalue weighted by atomic mass is 16.5. The first kappa shape index (κ1) is 15.8. The molecule has 0 radical (unpaired) electrons. The predicted octanol–water partition coefficient (Wildman–Crippen LogP) is 4.73. The van der Waals surface area contributed by atoms with Crippen molar-refractivity contribution in [3.63, 3.8) is 0 Å².